The molecule has 3 heterocycles. The lowest BCUT2D eigenvalue weighted by atomic mass is 10.1. The fraction of sp³-hybridized carbons (Fsp3) is 0.250. The zero-order valence-corrected chi connectivity index (χ0v) is 15.0. The summed E-state index contributed by atoms with van der Waals surface area (Å²) in [5.41, 5.74) is 5.36. The molecule has 1 saturated heterocycles. The molecule has 2 aromatic heterocycles. The third-order valence-corrected chi connectivity index (χ3v) is 5.25. The molecule has 4 aromatic rings. The van der Waals surface area contributed by atoms with E-state index in [1.54, 1.807) is 12.1 Å². The largest absolute Gasteiger partial charge is 0.369 e. The van der Waals surface area contributed by atoms with Crippen LogP contribution < -0.4 is 4.90 Å². The molecular formula is C20H19N7. The Morgan fingerprint density at radius 3 is 2.70 bits per heavy atom. The number of rotatable bonds is 2. The Hall–Kier alpha value is -3.37. The highest BCUT2D eigenvalue weighted by Gasteiger charge is 2.17. The van der Waals surface area contributed by atoms with Gasteiger partial charge < -0.3 is 14.8 Å². The Kier molecular flexibility index (Phi) is 3.59. The Morgan fingerprint density at radius 2 is 1.89 bits per heavy atom. The highest BCUT2D eigenvalue weighted by molar-refractivity contribution is 5.94. The molecule has 7 heteroatoms. The number of piperazine rings is 1. The molecule has 0 spiro atoms. The molecule has 27 heavy (non-hydrogen) atoms. The Labute approximate surface area is 156 Å². The number of nitriles is 1. The van der Waals surface area contributed by atoms with Crippen molar-refractivity contribution in [3.05, 3.63) is 42.0 Å². The number of imidazole rings is 1. The van der Waals surface area contributed by atoms with E-state index in [-0.39, 0.29) is 0 Å². The van der Waals surface area contributed by atoms with Gasteiger partial charge in [0.15, 0.2) is 5.82 Å². The minimum Gasteiger partial charge on any atom is -0.369 e. The second-order valence-electron chi connectivity index (χ2n) is 7.02. The molecule has 0 atom stereocenters. The van der Waals surface area contributed by atoms with Gasteiger partial charge in [-0.2, -0.15) is 10.4 Å². The quantitative estimate of drug-likeness (QED) is 0.576. The predicted octanol–water partition coefficient (Wildman–Crippen LogP) is 2.73. The molecule has 1 aliphatic heterocycles. The van der Waals surface area contributed by atoms with E-state index in [9.17, 15) is 0 Å². The van der Waals surface area contributed by atoms with Crippen LogP contribution in [0, 0.1) is 11.3 Å². The number of nitrogens with zero attached hydrogens (tertiary/aromatic N) is 5. The number of aromatic nitrogens is 4. The van der Waals surface area contributed by atoms with Crippen LogP contribution in [0.3, 0.4) is 0 Å². The van der Waals surface area contributed by atoms with E-state index >= 15 is 0 Å². The van der Waals surface area contributed by atoms with Gasteiger partial charge in [-0.25, -0.2) is 4.98 Å². The summed E-state index contributed by atoms with van der Waals surface area (Å²) < 4.78 is 0. The van der Waals surface area contributed by atoms with Gasteiger partial charge in [0.05, 0.1) is 28.2 Å². The normalized spacial score (nSPS) is 15.5. The van der Waals surface area contributed by atoms with Crippen molar-refractivity contribution in [1.82, 2.24) is 25.1 Å². The molecular weight excluding hydrogens is 338 g/mol. The number of hydrogen-bond acceptors (Lipinski definition) is 5. The topological polar surface area (TPSA) is 87.6 Å². The molecule has 0 bridgehead atoms. The first-order valence-corrected chi connectivity index (χ1v) is 9.03. The standard InChI is InChI=1S/C20H19N7/c1-26-6-8-27(9-7-26)14-3-5-16-18(11-14)23-20(22-16)19-15-4-2-13(12-21)10-17(15)24-25-19/h2-5,10-11H,6-9H2,1H3,(H,22,23)(H,24,25). The summed E-state index contributed by atoms with van der Waals surface area (Å²) >= 11 is 0. The van der Waals surface area contributed by atoms with E-state index in [0.29, 0.717) is 5.56 Å². The van der Waals surface area contributed by atoms with E-state index < -0.39 is 0 Å². The van der Waals surface area contributed by atoms with E-state index in [0.717, 1.165) is 59.6 Å². The van der Waals surface area contributed by atoms with Crippen molar-refractivity contribution in [1.29, 1.82) is 5.26 Å². The molecule has 2 N–H and O–H groups in total. The van der Waals surface area contributed by atoms with Gasteiger partial charge >= 0.3 is 0 Å². The first-order chi connectivity index (χ1) is 13.2. The number of benzene rings is 2. The minimum atomic E-state index is 0.610. The first kappa shape index (κ1) is 15.9. The van der Waals surface area contributed by atoms with Crippen LogP contribution in [-0.2, 0) is 0 Å². The van der Waals surface area contributed by atoms with Crippen LogP contribution in [0.2, 0.25) is 0 Å². The van der Waals surface area contributed by atoms with Gasteiger partial charge in [0.25, 0.3) is 0 Å². The van der Waals surface area contributed by atoms with Crippen molar-refractivity contribution in [2.75, 3.05) is 38.1 Å². The van der Waals surface area contributed by atoms with Gasteiger partial charge in [0.2, 0.25) is 0 Å². The highest BCUT2D eigenvalue weighted by atomic mass is 15.2. The third kappa shape index (κ3) is 2.71. The van der Waals surface area contributed by atoms with E-state index in [1.807, 2.05) is 6.07 Å². The number of H-pyrrole nitrogens is 2. The van der Waals surface area contributed by atoms with Crippen LogP contribution >= 0.6 is 0 Å². The summed E-state index contributed by atoms with van der Waals surface area (Å²) in [7, 11) is 2.16. The van der Waals surface area contributed by atoms with E-state index in [2.05, 4.69) is 56.3 Å². The summed E-state index contributed by atoms with van der Waals surface area (Å²) in [4.78, 5) is 12.9. The van der Waals surface area contributed by atoms with Crippen molar-refractivity contribution in [2.24, 2.45) is 0 Å². The summed E-state index contributed by atoms with van der Waals surface area (Å²) in [6, 6.07) is 14.0. The fourth-order valence-corrected chi connectivity index (χ4v) is 3.64. The van der Waals surface area contributed by atoms with E-state index in [1.165, 1.54) is 5.69 Å². The Bertz CT molecular complexity index is 1170. The SMILES string of the molecule is CN1CCN(c2ccc3nc(-c4n[nH]c5cc(C#N)ccc45)[nH]c3c2)CC1. The number of fused-ring (bicyclic) bond motifs is 2. The Morgan fingerprint density at radius 1 is 1.04 bits per heavy atom. The third-order valence-electron chi connectivity index (χ3n) is 5.25. The number of aromatic amines is 2. The van der Waals surface area contributed by atoms with Crippen LogP contribution in [0.4, 0.5) is 5.69 Å². The first-order valence-electron chi connectivity index (χ1n) is 9.03. The van der Waals surface area contributed by atoms with Gasteiger partial charge in [-0.3, -0.25) is 5.10 Å². The lowest BCUT2D eigenvalue weighted by Gasteiger charge is -2.34. The maximum atomic E-state index is 9.05. The lowest BCUT2D eigenvalue weighted by Crippen LogP contribution is -2.44. The zero-order valence-electron chi connectivity index (χ0n) is 15.0. The van der Waals surface area contributed by atoms with Crippen LogP contribution in [0.25, 0.3) is 33.5 Å². The van der Waals surface area contributed by atoms with Gasteiger partial charge in [-0.1, -0.05) is 0 Å². The minimum absolute atomic E-state index is 0.610. The molecule has 0 radical (unpaired) electrons. The summed E-state index contributed by atoms with van der Waals surface area (Å²) in [5, 5.41) is 17.4. The fourth-order valence-electron chi connectivity index (χ4n) is 3.64. The van der Waals surface area contributed by atoms with Crippen LogP contribution in [0.15, 0.2) is 36.4 Å². The monoisotopic (exact) mass is 357 g/mol. The molecule has 2 aromatic carbocycles. The van der Waals surface area contributed by atoms with Crippen molar-refractivity contribution in [3.8, 4) is 17.6 Å². The van der Waals surface area contributed by atoms with Crippen LogP contribution in [0.1, 0.15) is 5.56 Å². The summed E-state index contributed by atoms with van der Waals surface area (Å²) in [5.74, 6) is 0.733. The molecule has 134 valence electrons. The second kappa shape index (κ2) is 6.11. The maximum Gasteiger partial charge on any atom is 0.159 e. The molecule has 1 fully saturated rings. The summed E-state index contributed by atoms with van der Waals surface area (Å²) in [6.07, 6.45) is 0. The number of likely N-dealkylation sites (N-methyl/N-ethyl adjacent to an activating group) is 1. The summed E-state index contributed by atoms with van der Waals surface area (Å²) in [6.45, 7) is 4.23. The number of hydrogen-bond donors (Lipinski definition) is 2. The molecule has 0 aliphatic carbocycles. The second-order valence-corrected chi connectivity index (χ2v) is 7.02. The number of anilines is 1. The molecule has 5 rings (SSSR count). The van der Waals surface area contributed by atoms with Gasteiger partial charge in [0, 0.05) is 37.3 Å². The lowest BCUT2D eigenvalue weighted by molar-refractivity contribution is 0.313. The van der Waals surface area contributed by atoms with Crippen molar-refractivity contribution in [3.63, 3.8) is 0 Å². The van der Waals surface area contributed by atoms with Crippen molar-refractivity contribution < 1.29 is 0 Å². The molecule has 7 nitrogen and oxygen atoms in total. The van der Waals surface area contributed by atoms with Crippen LogP contribution in [0.5, 0.6) is 0 Å². The van der Waals surface area contributed by atoms with Gasteiger partial charge in [-0.05, 0) is 43.4 Å². The van der Waals surface area contributed by atoms with Gasteiger partial charge in [-0.15, -0.1) is 0 Å². The molecule has 0 saturated carbocycles. The highest BCUT2D eigenvalue weighted by Crippen LogP contribution is 2.28. The van der Waals surface area contributed by atoms with Crippen molar-refractivity contribution >= 4 is 27.6 Å². The zero-order chi connectivity index (χ0) is 18.4. The molecule has 0 unspecified atom stereocenters. The van der Waals surface area contributed by atoms with E-state index in [4.69, 9.17) is 10.2 Å². The maximum absolute atomic E-state index is 9.05. The van der Waals surface area contributed by atoms with Crippen molar-refractivity contribution in [2.45, 2.75) is 0 Å². The van der Waals surface area contributed by atoms with Gasteiger partial charge in [0.1, 0.15) is 5.69 Å². The van der Waals surface area contributed by atoms with Crippen LogP contribution in [-0.4, -0.2) is 58.3 Å². The molecule has 0 amide bonds. The average molecular weight is 357 g/mol. The predicted molar refractivity (Wildman–Crippen MR) is 106 cm³/mol. The average Bonchev–Trinajstić information content (AvgIpc) is 3.31. The Balaban J connectivity index is 1.52. The number of nitrogens with one attached hydrogen (secondary N) is 2. The smallest absolute Gasteiger partial charge is 0.159 e. The molecule has 1 aliphatic rings.